The fourth-order valence-electron chi connectivity index (χ4n) is 8.05. The molecule has 8 aromatic carbocycles. The summed E-state index contributed by atoms with van der Waals surface area (Å²) in [6.07, 6.45) is 0.908. The van der Waals surface area contributed by atoms with Gasteiger partial charge in [0.1, 0.15) is 0 Å². The number of aromatic nitrogens is 4. The van der Waals surface area contributed by atoms with Crippen LogP contribution in [-0.4, -0.2) is 19.5 Å². The van der Waals surface area contributed by atoms with Crippen molar-refractivity contribution in [2.75, 3.05) is 0 Å². The van der Waals surface area contributed by atoms with E-state index in [9.17, 15) is 0 Å². The van der Waals surface area contributed by atoms with Gasteiger partial charge in [0, 0.05) is 39.1 Å². The summed E-state index contributed by atoms with van der Waals surface area (Å²) < 4.78 is 2.40. The molecule has 1 atom stereocenters. The molecule has 0 amide bonds. The minimum Gasteiger partial charge on any atom is -0.309 e. The Bertz CT molecular complexity index is 2870. The maximum atomic E-state index is 5.19. The Morgan fingerprint density at radius 1 is 0.400 bits per heavy atom. The van der Waals surface area contributed by atoms with Crippen LogP contribution in [0, 0.1) is 0 Å². The van der Waals surface area contributed by atoms with E-state index in [0.717, 1.165) is 50.6 Å². The summed E-state index contributed by atoms with van der Waals surface area (Å²) in [5.41, 5.74) is 10.1. The minimum atomic E-state index is 0.187. The van der Waals surface area contributed by atoms with Crippen molar-refractivity contribution in [1.82, 2.24) is 19.5 Å². The van der Waals surface area contributed by atoms with Crippen LogP contribution in [-0.2, 0) is 6.42 Å². The Hall–Kier alpha value is -7.17. The van der Waals surface area contributed by atoms with E-state index in [1.165, 1.54) is 27.5 Å². The van der Waals surface area contributed by atoms with Gasteiger partial charge in [0.15, 0.2) is 17.5 Å². The normalized spacial score (nSPS) is 12.0. The molecule has 0 unspecified atom stereocenters. The molecule has 0 N–H and O–H groups in total. The van der Waals surface area contributed by atoms with Gasteiger partial charge in [0.2, 0.25) is 0 Å². The first kappa shape index (κ1) is 32.5. The molecule has 0 aliphatic carbocycles. The lowest BCUT2D eigenvalue weighted by Gasteiger charge is -2.19. The number of fused-ring (bicyclic) bond motifs is 5. The second kappa shape index (κ2) is 14.0. The summed E-state index contributed by atoms with van der Waals surface area (Å²) in [4.78, 5) is 15.4. The molecule has 0 saturated carbocycles. The molecule has 0 bridgehead atoms. The molecule has 2 aromatic heterocycles. The quantitative estimate of drug-likeness (QED) is 0.158. The molecule has 10 aromatic rings. The van der Waals surface area contributed by atoms with Gasteiger partial charge in [-0.25, -0.2) is 15.0 Å². The Balaban J connectivity index is 1.26. The molecule has 4 nitrogen and oxygen atoms in total. The molecule has 10 rings (SSSR count). The smallest absolute Gasteiger partial charge is 0.164 e. The first-order chi connectivity index (χ1) is 27.3. The molecule has 0 radical (unpaired) electrons. The van der Waals surface area contributed by atoms with Crippen LogP contribution in [0.1, 0.15) is 22.6 Å². The zero-order chi connectivity index (χ0) is 36.6. The molecule has 4 heteroatoms. The van der Waals surface area contributed by atoms with Gasteiger partial charge in [-0.2, -0.15) is 0 Å². The fourth-order valence-corrected chi connectivity index (χ4v) is 8.05. The van der Waals surface area contributed by atoms with E-state index in [1.54, 1.807) is 0 Å². The van der Waals surface area contributed by atoms with Crippen LogP contribution in [0.25, 0.3) is 72.4 Å². The average molecular weight is 705 g/mol. The third-order valence-electron chi connectivity index (χ3n) is 10.6. The van der Waals surface area contributed by atoms with Gasteiger partial charge in [-0.3, -0.25) is 0 Å². The van der Waals surface area contributed by atoms with Crippen LogP contribution in [0.3, 0.4) is 0 Å². The molecule has 55 heavy (non-hydrogen) atoms. The molecule has 0 spiro atoms. The van der Waals surface area contributed by atoms with Gasteiger partial charge in [-0.05, 0) is 64.2 Å². The lowest BCUT2D eigenvalue weighted by Crippen LogP contribution is -2.05. The van der Waals surface area contributed by atoms with Gasteiger partial charge in [-0.15, -0.1) is 0 Å². The molecule has 2 heterocycles. The maximum Gasteiger partial charge on any atom is 0.164 e. The number of benzene rings is 8. The third-order valence-corrected chi connectivity index (χ3v) is 10.6. The molecule has 0 aliphatic heterocycles. The SMILES string of the molecule is c1ccc(C[C@H](c2ccccc2)c2ccc3c(c2)c2c4ccccc4c(-c4nc(-c5ccccc5)nc(-c5ccccc5)n4)cc2n3-c2ccccc2)cc1. The van der Waals surface area contributed by atoms with Crippen molar-refractivity contribution in [2.45, 2.75) is 12.3 Å². The summed E-state index contributed by atoms with van der Waals surface area (Å²) in [5, 5.41) is 4.70. The molecule has 0 fully saturated rings. The van der Waals surface area contributed by atoms with Crippen LogP contribution >= 0.6 is 0 Å². The van der Waals surface area contributed by atoms with Gasteiger partial charge < -0.3 is 4.57 Å². The standard InChI is InChI=1S/C51H36N4/c1-6-18-35(19-7-1)32-43(36-20-8-2-9-21-36)39-30-31-46-45(33-39)48-42-29-17-16-28-41(42)44(34-47(48)55(46)40-26-14-5-15-27-40)51-53-49(37-22-10-3-11-23-37)52-50(54-51)38-24-12-4-13-25-38/h1-31,33-34,43H,32H2/t43-/m1/s1. The van der Waals surface area contributed by atoms with Gasteiger partial charge in [-0.1, -0.05) is 170 Å². The second-order valence-electron chi connectivity index (χ2n) is 14.0. The van der Waals surface area contributed by atoms with E-state index in [1.807, 2.05) is 36.4 Å². The fraction of sp³-hybridized carbons (Fsp3) is 0.0392. The topological polar surface area (TPSA) is 43.6 Å². The van der Waals surface area contributed by atoms with Crippen LogP contribution in [0.4, 0.5) is 0 Å². The maximum absolute atomic E-state index is 5.19. The summed E-state index contributed by atoms with van der Waals surface area (Å²) in [6, 6.07) is 70.9. The summed E-state index contributed by atoms with van der Waals surface area (Å²) in [6.45, 7) is 0. The monoisotopic (exact) mass is 704 g/mol. The number of hydrogen-bond donors (Lipinski definition) is 0. The molecule has 0 saturated heterocycles. The first-order valence-corrected chi connectivity index (χ1v) is 18.8. The Morgan fingerprint density at radius 2 is 0.927 bits per heavy atom. The summed E-state index contributed by atoms with van der Waals surface area (Å²) in [7, 11) is 0. The van der Waals surface area contributed by atoms with Crippen molar-refractivity contribution < 1.29 is 0 Å². The Kier molecular flexibility index (Phi) is 8.27. The van der Waals surface area contributed by atoms with Gasteiger partial charge in [0.05, 0.1) is 11.0 Å². The third kappa shape index (κ3) is 6.04. The highest BCUT2D eigenvalue weighted by molar-refractivity contribution is 6.24. The number of nitrogens with zero attached hydrogens (tertiary/aromatic N) is 4. The van der Waals surface area contributed by atoms with Crippen molar-refractivity contribution in [2.24, 2.45) is 0 Å². The molecular weight excluding hydrogens is 669 g/mol. The average Bonchev–Trinajstić information content (AvgIpc) is 3.60. The van der Waals surface area contributed by atoms with E-state index in [-0.39, 0.29) is 5.92 Å². The van der Waals surface area contributed by atoms with E-state index >= 15 is 0 Å². The lowest BCUT2D eigenvalue weighted by atomic mass is 9.85. The van der Waals surface area contributed by atoms with Crippen LogP contribution in [0.5, 0.6) is 0 Å². The van der Waals surface area contributed by atoms with Crippen LogP contribution in [0.2, 0.25) is 0 Å². The van der Waals surface area contributed by atoms with Crippen molar-refractivity contribution in [3.05, 3.63) is 217 Å². The van der Waals surface area contributed by atoms with E-state index in [2.05, 4.69) is 168 Å². The molecule has 260 valence electrons. The van der Waals surface area contributed by atoms with Crippen LogP contribution < -0.4 is 0 Å². The Morgan fingerprint density at radius 3 is 1.56 bits per heavy atom. The lowest BCUT2D eigenvalue weighted by molar-refractivity contribution is 0.806. The van der Waals surface area contributed by atoms with E-state index in [4.69, 9.17) is 15.0 Å². The van der Waals surface area contributed by atoms with Gasteiger partial charge in [0.25, 0.3) is 0 Å². The molecular formula is C51H36N4. The number of para-hydroxylation sites is 1. The molecule has 0 aliphatic rings. The largest absolute Gasteiger partial charge is 0.309 e. The van der Waals surface area contributed by atoms with Gasteiger partial charge >= 0.3 is 0 Å². The summed E-state index contributed by atoms with van der Waals surface area (Å²) in [5.74, 6) is 2.12. The predicted molar refractivity (Wildman–Crippen MR) is 226 cm³/mol. The zero-order valence-corrected chi connectivity index (χ0v) is 30.1. The minimum absolute atomic E-state index is 0.187. The number of rotatable bonds is 8. The highest BCUT2D eigenvalue weighted by atomic mass is 15.0. The van der Waals surface area contributed by atoms with E-state index < -0.39 is 0 Å². The second-order valence-corrected chi connectivity index (χ2v) is 14.0. The highest BCUT2D eigenvalue weighted by Gasteiger charge is 2.23. The first-order valence-electron chi connectivity index (χ1n) is 18.8. The zero-order valence-electron chi connectivity index (χ0n) is 30.1. The van der Waals surface area contributed by atoms with Crippen molar-refractivity contribution >= 4 is 32.6 Å². The number of hydrogen-bond acceptors (Lipinski definition) is 3. The van der Waals surface area contributed by atoms with Crippen LogP contribution in [0.15, 0.2) is 200 Å². The highest BCUT2D eigenvalue weighted by Crippen LogP contribution is 2.43. The van der Waals surface area contributed by atoms with Crippen molar-refractivity contribution in [1.29, 1.82) is 0 Å². The predicted octanol–water partition coefficient (Wildman–Crippen LogP) is 12.5. The summed E-state index contributed by atoms with van der Waals surface area (Å²) >= 11 is 0. The van der Waals surface area contributed by atoms with Crippen molar-refractivity contribution in [3.8, 4) is 39.9 Å². The van der Waals surface area contributed by atoms with E-state index in [0.29, 0.717) is 17.5 Å². The van der Waals surface area contributed by atoms with Crippen molar-refractivity contribution in [3.63, 3.8) is 0 Å². The Labute approximate surface area is 320 Å².